The first kappa shape index (κ1) is 20.7. The number of halogens is 6. The van der Waals surface area contributed by atoms with E-state index in [0.717, 1.165) is 17.4 Å². The Morgan fingerprint density at radius 1 is 1.04 bits per heavy atom. The van der Waals surface area contributed by atoms with E-state index in [2.05, 4.69) is 5.32 Å². The third-order valence-corrected chi connectivity index (χ3v) is 5.72. The van der Waals surface area contributed by atoms with E-state index >= 15 is 0 Å². The molecule has 0 aliphatic carbocycles. The molecule has 1 aromatic heterocycles. The maximum Gasteiger partial charge on any atom is 0.263 e. The molecular formula is C17H8Cl3F3N2O2S. The highest BCUT2D eigenvalue weighted by Gasteiger charge is 2.21. The fourth-order valence-corrected chi connectivity index (χ4v) is 4.61. The van der Waals surface area contributed by atoms with Gasteiger partial charge in [0.05, 0.1) is 22.3 Å². The zero-order valence-corrected chi connectivity index (χ0v) is 16.6. The van der Waals surface area contributed by atoms with Crippen molar-refractivity contribution in [2.24, 2.45) is 0 Å². The molecule has 0 aliphatic heterocycles. The number of anilines is 1. The van der Waals surface area contributed by atoms with Gasteiger partial charge in [-0.05, 0) is 24.3 Å². The summed E-state index contributed by atoms with van der Waals surface area (Å²) >= 11 is 19.2. The molecule has 4 nitrogen and oxygen atoms in total. The minimum Gasteiger partial charge on any atom is -0.342 e. The van der Waals surface area contributed by atoms with Gasteiger partial charge in [0, 0.05) is 15.1 Å². The number of hydrogen-bond acceptors (Lipinski definition) is 3. The van der Waals surface area contributed by atoms with Crippen molar-refractivity contribution in [1.82, 2.24) is 5.32 Å². The lowest BCUT2D eigenvalue weighted by molar-refractivity contribution is -0.115. The standard InChI is InChI=1S/C17H8Cl3F3N2O2S/c18-6-3-7(19)12-10(4-6)28-16(13(12)20)17(27)24-5-11(26)25-9-2-1-8(21)14(22)15(9)23/h1-4H,5H2,(H,24,27)(H,25,26). The van der Waals surface area contributed by atoms with Gasteiger partial charge < -0.3 is 10.6 Å². The van der Waals surface area contributed by atoms with Crippen molar-refractivity contribution in [3.63, 3.8) is 0 Å². The Balaban J connectivity index is 1.71. The first-order chi connectivity index (χ1) is 13.2. The van der Waals surface area contributed by atoms with Crippen molar-refractivity contribution in [2.75, 3.05) is 11.9 Å². The molecule has 0 saturated heterocycles. The van der Waals surface area contributed by atoms with Gasteiger partial charge >= 0.3 is 0 Å². The molecule has 3 aromatic rings. The Bertz CT molecular complexity index is 1120. The fraction of sp³-hybridized carbons (Fsp3) is 0.0588. The maximum absolute atomic E-state index is 13.6. The van der Waals surface area contributed by atoms with E-state index < -0.39 is 41.5 Å². The molecule has 2 aromatic carbocycles. The van der Waals surface area contributed by atoms with Crippen molar-refractivity contribution in [2.45, 2.75) is 0 Å². The second-order valence-electron chi connectivity index (χ2n) is 5.46. The topological polar surface area (TPSA) is 58.2 Å². The summed E-state index contributed by atoms with van der Waals surface area (Å²) in [5, 5.41) is 5.55. The van der Waals surface area contributed by atoms with E-state index in [1.807, 2.05) is 5.32 Å². The number of carbonyl (C=O) groups is 2. The van der Waals surface area contributed by atoms with E-state index in [1.54, 1.807) is 6.07 Å². The van der Waals surface area contributed by atoms with Gasteiger partial charge in [-0.1, -0.05) is 34.8 Å². The highest BCUT2D eigenvalue weighted by molar-refractivity contribution is 7.21. The summed E-state index contributed by atoms with van der Waals surface area (Å²) in [6.45, 7) is -0.559. The lowest BCUT2D eigenvalue weighted by Gasteiger charge is -2.08. The van der Waals surface area contributed by atoms with Crippen LogP contribution in [0.25, 0.3) is 10.1 Å². The van der Waals surface area contributed by atoms with E-state index in [1.165, 1.54) is 6.07 Å². The van der Waals surface area contributed by atoms with Gasteiger partial charge in [-0.25, -0.2) is 13.2 Å². The summed E-state index contributed by atoms with van der Waals surface area (Å²) in [4.78, 5) is 24.3. The molecule has 3 rings (SSSR count). The Morgan fingerprint density at radius 3 is 2.46 bits per heavy atom. The third-order valence-electron chi connectivity index (χ3n) is 3.57. The minimum absolute atomic E-state index is 0.103. The molecule has 0 aliphatic rings. The normalized spacial score (nSPS) is 10.9. The van der Waals surface area contributed by atoms with Crippen LogP contribution in [0.1, 0.15) is 9.67 Å². The summed E-state index contributed by atoms with van der Waals surface area (Å²) < 4.78 is 40.2. The van der Waals surface area contributed by atoms with Crippen LogP contribution in [0.2, 0.25) is 15.1 Å². The van der Waals surface area contributed by atoms with Crippen molar-refractivity contribution >= 4 is 73.7 Å². The van der Waals surface area contributed by atoms with Crippen molar-refractivity contribution < 1.29 is 22.8 Å². The number of hydrogen-bond donors (Lipinski definition) is 2. The Morgan fingerprint density at radius 2 is 1.75 bits per heavy atom. The molecule has 2 N–H and O–H groups in total. The lowest BCUT2D eigenvalue weighted by Crippen LogP contribution is -2.32. The number of fused-ring (bicyclic) bond motifs is 1. The number of amides is 2. The molecule has 0 fully saturated rings. The van der Waals surface area contributed by atoms with Crippen LogP contribution in [0.3, 0.4) is 0 Å². The summed E-state index contributed by atoms with van der Waals surface area (Å²) in [6.07, 6.45) is 0. The van der Waals surface area contributed by atoms with Crippen molar-refractivity contribution in [1.29, 1.82) is 0 Å². The molecule has 0 bridgehead atoms. The quantitative estimate of drug-likeness (QED) is 0.487. The number of rotatable bonds is 4. The predicted molar refractivity (Wildman–Crippen MR) is 104 cm³/mol. The van der Waals surface area contributed by atoms with Gasteiger partial charge in [-0.15, -0.1) is 11.3 Å². The molecule has 11 heteroatoms. The summed E-state index contributed by atoms with van der Waals surface area (Å²) in [5.74, 6) is -6.16. The van der Waals surface area contributed by atoms with Crippen molar-refractivity contribution in [3.05, 3.63) is 61.7 Å². The van der Waals surface area contributed by atoms with Crippen LogP contribution in [0, 0.1) is 17.5 Å². The first-order valence-corrected chi connectivity index (χ1v) is 9.42. The molecule has 0 atom stereocenters. The van der Waals surface area contributed by atoms with E-state index in [4.69, 9.17) is 34.8 Å². The van der Waals surface area contributed by atoms with Gasteiger partial charge in [0.1, 0.15) is 4.88 Å². The Labute approximate surface area is 175 Å². The maximum atomic E-state index is 13.6. The second-order valence-corrected chi connectivity index (χ2v) is 7.73. The molecule has 0 spiro atoms. The zero-order chi connectivity index (χ0) is 20.6. The van der Waals surface area contributed by atoms with Gasteiger partial charge in [0.25, 0.3) is 5.91 Å². The summed E-state index contributed by atoms with van der Waals surface area (Å²) in [6, 6.07) is 4.60. The highest BCUT2D eigenvalue weighted by Crippen LogP contribution is 2.41. The average molecular weight is 468 g/mol. The summed E-state index contributed by atoms with van der Waals surface area (Å²) in [5.41, 5.74) is -0.556. The predicted octanol–water partition coefficient (Wildman–Crippen LogP) is 5.65. The average Bonchev–Trinajstić information content (AvgIpc) is 2.97. The van der Waals surface area contributed by atoms with Gasteiger partial charge in [-0.3, -0.25) is 9.59 Å². The van der Waals surface area contributed by atoms with Crippen LogP contribution < -0.4 is 10.6 Å². The number of benzene rings is 2. The van der Waals surface area contributed by atoms with Crippen LogP contribution in [-0.2, 0) is 4.79 Å². The molecule has 146 valence electrons. The van der Waals surface area contributed by atoms with Crippen LogP contribution in [0.15, 0.2) is 24.3 Å². The molecule has 28 heavy (non-hydrogen) atoms. The SMILES string of the molecule is O=C(CNC(=O)c1sc2cc(Cl)cc(Cl)c2c1Cl)Nc1ccc(F)c(F)c1F. The third kappa shape index (κ3) is 4.05. The lowest BCUT2D eigenvalue weighted by atomic mass is 10.2. The first-order valence-electron chi connectivity index (χ1n) is 7.47. The number of carbonyl (C=O) groups excluding carboxylic acids is 2. The summed E-state index contributed by atoms with van der Waals surface area (Å²) in [7, 11) is 0. The van der Waals surface area contributed by atoms with E-state index in [-0.39, 0.29) is 14.9 Å². The molecular weight excluding hydrogens is 460 g/mol. The zero-order valence-electron chi connectivity index (χ0n) is 13.5. The minimum atomic E-state index is -1.71. The van der Waals surface area contributed by atoms with Crippen LogP contribution in [-0.4, -0.2) is 18.4 Å². The molecule has 2 amide bonds. The smallest absolute Gasteiger partial charge is 0.263 e. The van der Waals surface area contributed by atoms with Crippen LogP contribution in [0.4, 0.5) is 18.9 Å². The Hall–Kier alpha value is -2.00. The van der Waals surface area contributed by atoms with Gasteiger partial charge in [0.2, 0.25) is 5.91 Å². The molecule has 0 radical (unpaired) electrons. The second kappa shape index (κ2) is 8.16. The molecule has 0 saturated carbocycles. The molecule has 0 unspecified atom stereocenters. The molecule has 1 heterocycles. The number of nitrogens with one attached hydrogen (secondary N) is 2. The largest absolute Gasteiger partial charge is 0.342 e. The monoisotopic (exact) mass is 466 g/mol. The van der Waals surface area contributed by atoms with Gasteiger partial charge in [-0.2, -0.15) is 0 Å². The van der Waals surface area contributed by atoms with Crippen LogP contribution >= 0.6 is 46.1 Å². The van der Waals surface area contributed by atoms with E-state index in [0.29, 0.717) is 21.2 Å². The van der Waals surface area contributed by atoms with Crippen LogP contribution in [0.5, 0.6) is 0 Å². The van der Waals surface area contributed by atoms with Crippen molar-refractivity contribution in [3.8, 4) is 0 Å². The number of thiophene rings is 1. The van der Waals surface area contributed by atoms with Gasteiger partial charge in [0.15, 0.2) is 17.5 Å². The van der Waals surface area contributed by atoms with E-state index in [9.17, 15) is 22.8 Å². The highest BCUT2D eigenvalue weighted by atomic mass is 35.5. The fourth-order valence-electron chi connectivity index (χ4n) is 2.32. The Kier molecular flexibility index (Phi) is 6.04.